The van der Waals surface area contributed by atoms with E-state index in [0.29, 0.717) is 11.4 Å². The van der Waals surface area contributed by atoms with Gasteiger partial charge >= 0.3 is 11.8 Å². The number of nitrogens with one attached hydrogen (secondary N) is 2. The van der Waals surface area contributed by atoms with Crippen molar-refractivity contribution >= 4 is 23.2 Å². The van der Waals surface area contributed by atoms with E-state index in [4.69, 9.17) is 4.74 Å². The molecular formula is C21H26N4O3. The summed E-state index contributed by atoms with van der Waals surface area (Å²) >= 11 is 0. The molecule has 28 heavy (non-hydrogen) atoms. The van der Waals surface area contributed by atoms with E-state index in [0.717, 1.165) is 37.4 Å². The molecule has 0 saturated carbocycles. The maximum absolute atomic E-state index is 12.1. The third-order valence-corrected chi connectivity index (χ3v) is 4.83. The van der Waals surface area contributed by atoms with Crippen molar-refractivity contribution in [2.45, 2.75) is 6.54 Å². The molecule has 7 nitrogen and oxygen atoms in total. The van der Waals surface area contributed by atoms with Crippen LogP contribution in [0.1, 0.15) is 5.56 Å². The lowest BCUT2D eigenvalue weighted by Crippen LogP contribution is -2.44. The Kier molecular flexibility index (Phi) is 6.49. The fourth-order valence-electron chi connectivity index (χ4n) is 3.11. The zero-order chi connectivity index (χ0) is 19.9. The van der Waals surface area contributed by atoms with Crippen LogP contribution in [-0.2, 0) is 16.1 Å². The minimum Gasteiger partial charge on any atom is -0.496 e. The summed E-state index contributed by atoms with van der Waals surface area (Å²) in [5.41, 5.74) is 2.52. The first-order chi connectivity index (χ1) is 13.6. The van der Waals surface area contributed by atoms with Gasteiger partial charge in [0.25, 0.3) is 0 Å². The molecule has 0 spiro atoms. The van der Waals surface area contributed by atoms with Gasteiger partial charge in [-0.25, -0.2) is 0 Å². The number of ether oxygens (including phenoxy) is 1. The molecule has 2 amide bonds. The molecule has 1 heterocycles. The van der Waals surface area contributed by atoms with Gasteiger partial charge in [-0.05, 0) is 37.4 Å². The van der Waals surface area contributed by atoms with E-state index in [1.807, 2.05) is 48.5 Å². The molecule has 1 aliphatic heterocycles. The van der Waals surface area contributed by atoms with Crippen LogP contribution in [0.2, 0.25) is 0 Å². The lowest BCUT2D eigenvalue weighted by atomic mass is 10.2. The van der Waals surface area contributed by atoms with Crippen LogP contribution in [-0.4, -0.2) is 57.1 Å². The van der Waals surface area contributed by atoms with Crippen molar-refractivity contribution in [2.24, 2.45) is 0 Å². The van der Waals surface area contributed by atoms with Crippen molar-refractivity contribution in [1.82, 2.24) is 10.2 Å². The maximum Gasteiger partial charge on any atom is 0.313 e. The van der Waals surface area contributed by atoms with Crippen LogP contribution in [0.25, 0.3) is 0 Å². The summed E-state index contributed by atoms with van der Waals surface area (Å²) in [6, 6.07) is 14.9. The van der Waals surface area contributed by atoms with Crippen molar-refractivity contribution < 1.29 is 14.3 Å². The van der Waals surface area contributed by atoms with E-state index in [1.54, 1.807) is 7.11 Å². The number of benzene rings is 2. The van der Waals surface area contributed by atoms with Crippen molar-refractivity contribution in [2.75, 3.05) is 50.6 Å². The number of para-hydroxylation sites is 1. The fourth-order valence-corrected chi connectivity index (χ4v) is 3.11. The number of anilines is 2. The molecule has 1 fully saturated rings. The number of likely N-dealkylation sites (N-methyl/N-ethyl adjacent to an activating group) is 1. The lowest BCUT2D eigenvalue weighted by molar-refractivity contribution is -0.136. The largest absolute Gasteiger partial charge is 0.496 e. The highest BCUT2D eigenvalue weighted by Gasteiger charge is 2.16. The van der Waals surface area contributed by atoms with Gasteiger partial charge in [-0.3, -0.25) is 9.59 Å². The smallest absolute Gasteiger partial charge is 0.313 e. The first kappa shape index (κ1) is 19.7. The van der Waals surface area contributed by atoms with Gasteiger partial charge < -0.3 is 25.2 Å². The number of hydrogen-bond acceptors (Lipinski definition) is 5. The molecule has 0 aromatic heterocycles. The summed E-state index contributed by atoms with van der Waals surface area (Å²) in [5.74, 6) is -0.709. The Morgan fingerprint density at radius 2 is 1.64 bits per heavy atom. The minimum atomic E-state index is -0.692. The van der Waals surface area contributed by atoms with Gasteiger partial charge in [0, 0.05) is 49.7 Å². The second kappa shape index (κ2) is 9.23. The van der Waals surface area contributed by atoms with Crippen molar-refractivity contribution in [3.05, 3.63) is 54.1 Å². The highest BCUT2D eigenvalue weighted by molar-refractivity contribution is 6.39. The molecule has 0 bridgehead atoms. The molecule has 0 aliphatic carbocycles. The SMILES string of the molecule is COc1ccccc1CNC(=O)C(=O)Nc1ccc(N2CCN(C)CC2)cc1. The van der Waals surface area contributed by atoms with E-state index in [2.05, 4.69) is 27.5 Å². The molecule has 0 radical (unpaired) electrons. The van der Waals surface area contributed by atoms with Gasteiger partial charge in [0.1, 0.15) is 5.75 Å². The van der Waals surface area contributed by atoms with Crippen molar-refractivity contribution in [1.29, 1.82) is 0 Å². The zero-order valence-electron chi connectivity index (χ0n) is 16.3. The molecule has 148 valence electrons. The molecule has 3 rings (SSSR count). The number of piperazine rings is 1. The predicted octanol–water partition coefficient (Wildman–Crippen LogP) is 1.70. The fraction of sp³-hybridized carbons (Fsp3) is 0.333. The number of methoxy groups -OCH3 is 1. The summed E-state index contributed by atoms with van der Waals surface area (Å²) in [6.07, 6.45) is 0. The quantitative estimate of drug-likeness (QED) is 0.770. The maximum atomic E-state index is 12.1. The Balaban J connectivity index is 1.51. The zero-order valence-corrected chi connectivity index (χ0v) is 16.3. The number of carbonyl (C=O) groups excluding carboxylic acids is 2. The molecule has 2 aromatic carbocycles. The van der Waals surface area contributed by atoms with Crippen LogP contribution in [0, 0.1) is 0 Å². The van der Waals surface area contributed by atoms with E-state index in [1.165, 1.54) is 0 Å². The Hall–Kier alpha value is -3.06. The number of carbonyl (C=O) groups is 2. The summed E-state index contributed by atoms with van der Waals surface area (Å²) in [6.45, 7) is 4.25. The monoisotopic (exact) mass is 382 g/mol. The third kappa shape index (κ3) is 5.01. The third-order valence-electron chi connectivity index (χ3n) is 4.83. The molecule has 2 aromatic rings. The normalized spacial score (nSPS) is 14.4. The molecule has 1 aliphatic rings. The predicted molar refractivity (Wildman–Crippen MR) is 110 cm³/mol. The standard InChI is InChI=1S/C21H26N4O3/c1-24-11-13-25(14-12-24)18-9-7-17(8-10-18)23-21(27)20(26)22-15-16-5-3-4-6-19(16)28-2/h3-10H,11-15H2,1-2H3,(H,22,26)(H,23,27). The Morgan fingerprint density at radius 1 is 0.964 bits per heavy atom. The van der Waals surface area contributed by atoms with Gasteiger partial charge in [-0.2, -0.15) is 0 Å². The summed E-state index contributed by atoms with van der Waals surface area (Å²) < 4.78 is 5.24. The van der Waals surface area contributed by atoms with Crippen LogP contribution in [0.3, 0.4) is 0 Å². The van der Waals surface area contributed by atoms with Crippen molar-refractivity contribution in [3.8, 4) is 5.75 Å². The highest BCUT2D eigenvalue weighted by Crippen LogP contribution is 2.19. The molecule has 0 unspecified atom stereocenters. The number of amides is 2. The Labute approximate surface area is 165 Å². The first-order valence-corrected chi connectivity index (χ1v) is 9.31. The topological polar surface area (TPSA) is 73.9 Å². The Bertz CT molecular complexity index is 815. The van der Waals surface area contributed by atoms with Crippen molar-refractivity contribution in [3.63, 3.8) is 0 Å². The molecule has 7 heteroatoms. The van der Waals surface area contributed by atoms with Gasteiger partial charge in [-0.15, -0.1) is 0 Å². The average Bonchev–Trinajstić information content (AvgIpc) is 2.73. The van der Waals surface area contributed by atoms with Crippen LogP contribution >= 0.6 is 0 Å². The second-order valence-electron chi connectivity index (χ2n) is 6.79. The van der Waals surface area contributed by atoms with Gasteiger partial charge in [0.15, 0.2) is 0 Å². The lowest BCUT2D eigenvalue weighted by Gasteiger charge is -2.34. The summed E-state index contributed by atoms with van der Waals surface area (Å²) in [7, 11) is 3.69. The van der Waals surface area contributed by atoms with Crippen LogP contribution in [0.5, 0.6) is 5.75 Å². The van der Waals surface area contributed by atoms with Gasteiger partial charge in [0.2, 0.25) is 0 Å². The van der Waals surface area contributed by atoms with Gasteiger partial charge in [0.05, 0.1) is 7.11 Å². The second-order valence-corrected chi connectivity index (χ2v) is 6.79. The van der Waals surface area contributed by atoms with E-state index < -0.39 is 11.8 Å². The highest BCUT2D eigenvalue weighted by atomic mass is 16.5. The van der Waals surface area contributed by atoms with E-state index in [9.17, 15) is 9.59 Å². The van der Waals surface area contributed by atoms with Crippen LogP contribution in [0.4, 0.5) is 11.4 Å². The first-order valence-electron chi connectivity index (χ1n) is 9.31. The Morgan fingerprint density at radius 3 is 2.32 bits per heavy atom. The molecule has 0 atom stereocenters. The van der Waals surface area contributed by atoms with Crippen LogP contribution < -0.4 is 20.3 Å². The van der Waals surface area contributed by atoms with Crippen LogP contribution in [0.15, 0.2) is 48.5 Å². The average molecular weight is 382 g/mol. The van der Waals surface area contributed by atoms with E-state index in [-0.39, 0.29) is 6.54 Å². The number of nitrogens with zero attached hydrogens (tertiary/aromatic N) is 2. The van der Waals surface area contributed by atoms with Gasteiger partial charge in [-0.1, -0.05) is 18.2 Å². The number of hydrogen-bond donors (Lipinski definition) is 2. The minimum absolute atomic E-state index is 0.221. The summed E-state index contributed by atoms with van der Waals surface area (Å²) in [5, 5.41) is 5.25. The molecule has 1 saturated heterocycles. The molecular weight excluding hydrogens is 356 g/mol. The summed E-state index contributed by atoms with van der Waals surface area (Å²) in [4.78, 5) is 28.8. The number of rotatable bonds is 5. The van der Waals surface area contributed by atoms with E-state index >= 15 is 0 Å². The molecule has 2 N–H and O–H groups in total.